The first-order chi connectivity index (χ1) is 15.0. The number of nitrogens with zero attached hydrogens (tertiary/aromatic N) is 3. The summed E-state index contributed by atoms with van der Waals surface area (Å²) >= 11 is 0. The van der Waals surface area contributed by atoms with Gasteiger partial charge in [0.25, 0.3) is 5.91 Å². The first-order valence-corrected chi connectivity index (χ1v) is 12.3. The van der Waals surface area contributed by atoms with Crippen molar-refractivity contribution in [1.82, 2.24) is 20.0 Å². The molecule has 2 atom stereocenters. The Bertz CT molecular complexity index is 743. The minimum atomic E-state index is -0.796. The highest BCUT2D eigenvalue weighted by Crippen LogP contribution is 2.38. The number of imide groups is 1. The maximum absolute atomic E-state index is 13.6. The third-order valence-electron chi connectivity index (χ3n) is 8.00. The normalized spacial score (nSPS) is 30.3. The van der Waals surface area contributed by atoms with E-state index in [1.807, 2.05) is 4.90 Å². The zero-order chi connectivity index (χ0) is 22.0. The molecule has 4 aliphatic rings. The molecule has 172 valence electrons. The van der Waals surface area contributed by atoms with Crippen molar-refractivity contribution in [1.29, 1.82) is 0 Å². The molecule has 3 heterocycles. The lowest BCUT2D eigenvalue weighted by atomic mass is 9.74. The molecule has 4 rings (SSSR count). The van der Waals surface area contributed by atoms with Gasteiger partial charge in [-0.3, -0.25) is 14.5 Å². The highest BCUT2D eigenvalue weighted by Gasteiger charge is 2.55. The summed E-state index contributed by atoms with van der Waals surface area (Å²) in [6.45, 7) is 5.00. The number of carbonyl (C=O) groups excluding carboxylic acids is 3. The molecule has 0 unspecified atom stereocenters. The van der Waals surface area contributed by atoms with Crippen LogP contribution in [0.5, 0.6) is 0 Å². The molecule has 0 saturated carbocycles. The Balaban J connectivity index is 1.40. The molecule has 0 radical (unpaired) electrons. The molecule has 0 bridgehead atoms. The van der Waals surface area contributed by atoms with E-state index in [0.717, 1.165) is 63.5 Å². The Hall–Kier alpha value is -1.89. The van der Waals surface area contributed by atoms with Gasteiger partial charge in [0.15, 0.2) is 0 Å². The van der Waals surface area contributed by atoms with Gasteiger partial charge in [-0.05, 0) is 77.3 Å². The van der Waals surface area contributed by atoms with Crippen LogP contribution in [0.1, 0.15) is 71.1 Å². The number of likely N-dealkylation sites (tertiary alicyclic amines) is 2. The zero-order valence-electron chi connectivity index (χ0n) is 19.2. The van der Waals surface area contributed by atoms with Crippen molar-refractivity contribution in [3.05, 3.63) is 11.6 Å². The number of rotatable bonds is 7. The van der Waals surface area contributed by atoms with Crippen molar-refractivity contribution < 1.29 is 14.4 Å². The monoisotopic (exact) mass is 430 g/mol. The standard InChI is InChI=1S/C24H38N4O3/c1-3-13-24(19-10-15-27(16-11-19)21(29)18-7-4-5-8-18)22(30)28(23(31)25-24)17-12-20-9-6-14-26(20)2/h7,19-20H,3-6,8-17H2,1-2H3,(H,25,31)/t20-,24-/m0/s1. The van der Waals surface area contributed by atoms with E-state index in [0.29, 0.717) is 32.1 Å². The Labute approximate surface area is 186 Å². The molecular weight excluding hydrogens is 392 g/mol. The van der Waals surface area contributed by atoms with Gasteiger partial charge in [0.1, 0.15) is 5.54 Å². The van der Waals surface area contributed by atoms with Gasteiger partial charge in [-0.1, -0.05) is 19.4 Å². The Morgan fingerprint density at radius 2 is 1.94 bits per heavy atom. The van der Waals surface area contributed by atoms with Crippen molar-refractivity contribution in [3.63, 3.8) is 0 Å². The molecule has 4 amide bonds. The number of carbonyl (C=O) groups is 3. The maximum atomic E-state index is 13.6. The minimum absolute atomic E-state index is 0.0386. The highest BCUT2D eigenvalue weighted by molar-refractivity contribution is 6.07. The zero-order valence-corrected chi connectivity index (χ0v) is 19.2. The first-order valence-electron chi connectivity index (χ1n) is 12.3. The van der Waals surface area contributed by atoms with E-state index in [2.05, 4.69) is 30.3 Å². The summed E-state index contributed by atoms with van der Waals surface area (Å²) in [6.07, 6.45) is 11.3. The van der Waals surface area contributed by atoms with Gasteiger partial charge >= 0.3 is 6.03 Å². The van der Waals surface area contributed by atoms with E-state index in [-0.39, 0.29) is 23.8 Å². The van der Waals surface area contributed by atoms with Crippen LogP contribution in [0.15, 0.2) is 11.6 Å². The van der Waals surface area contributed by atoms with Gasteiger partial charge in [0.2, 0.25) is 5.91 Å². The molecule has 0 aromatic heterocycles. The number of urea groups is 1. The Morgan fingerprint density at radius 3 is 2.55 bits per heavy atom. The Morgan fingerprint density at radius 1 is 1.16 bits per heavy atom. The van der Waals surface area contributed by atoms with E-state index in [1.54, 1.807) is 0 Å². The van der Waals surface area contributed by atoms with Gasteiger partial charge in [-0.15, -0.1) is 0 Å². The number of allylic oxidation sites excluding steroid dienone is 1. The number of hydrogen-bond acceptors (Lipinski definition) is 4. The van der Waals surface area contributed by atoms with Crippen LogP contribution in [0.25, 0.3) is 0 Å². The first kappa shape index (κ1) is 22.3. The molecule has 7 heteroatoms. The topological polar surface area (TPSA) is 73.0 Å². The van der Waals surface area contributed by atoms with E-state index < -0.39 is 5.54 Å². The summed E-state index contributed by atoms with van der Waals surface area (Å²) in [6, 6.07) is 0.231. The summed E-state index contributed by atoms with van der Waals surface area (Å²) in [5.74, 6) is 0.220. The molecule has 1 N–H and O–H groups in total. The van der Waals surface area contributed by atoms with Crippen LogP contribution < -0.4 is 5.32 Å². The second-order valence-electron chi connectivity index (χ2n) is 9.86. The molecule has 31 heavy (non-hydrogen) atoms. The smallest absolute Gasteiger partial charge is 0.325 e. The van der Waals surface area contributed by atoms with Crippen LogP contribution in [0.2, 0.25) is 0 Å². The number of nitrogens with one attached hydrogen (secondary N) is 1. The van der Waals surface area contributed by atoms with Crippen LogP contribution in [-0.2, 0) is 9.59 Å². The molecule has 0 spiro atoms. The second kappa shape index (κ2) is 9.31. The molecule has 3 aliphatic heterocycles. The molecule has 3 saturated heterocycles. The molecule has 1 aliphatic carbocycles. The van der Waals surface area contributed by atoms with Gasteiger partial charge in [0.05, 0.1) is 0 Å². The van der Waals surface area contributed by atoms with E-state index in [4.69, 9.17) is 0 Å². The lowest BCUT2D eigenvalue weighted by molar-refractivity contribution is -0.135. The lowest BCUT2D eigenvalue weighted by Crippen LogP contribution is -2.56. The Kier molecular flexibility index (Phi) is 6.70. The fraction of sp³-hybridized carbons (Fsp3) is 0.792. The number of piperidine rings is 1. The summed E-state index contributed by atoms with van der Waals surface area (Å²) in [5.41, 5.74) is 0.157. The summed E-state index contributed by atoms with van der Waals surface area (Å²) in [4.78, 5) is 44.9. The molecule has 7 nitrogen and oxygen atoms in total. The third kappa shape index (κ3) is 4.26. The fourth-order valence-electron chi connectivity index (χ4n) is 6.16. The fourth-order valence-corrected chi connectivity index (χ4v) is 6.16. The lowest BCUT2D eigenvalue weighted by Gasteiger charge is -2.41. The quantitative estimate of drug-likeness (QED) is 0.631. The van der Waals surface area contributed by atoms with Crippen LogP contribution >= 0.6 is 0 Å². The molecule has 0 aromatic carbocycles. The minimum Gasteiger partial charge on any atom is -0.339 e. The second-order valence-corrected chi connectivity index (χ2v) is 9.86. The van der Waals surface area contributed by atoms with Gasteiger partial charge in [-0.25, -0.2) is 4.79 Å². The van der Waals surface area contributed by atoms with Crippen LogP contribution in [0.4, 0.5) is 4.79 Å². The molecule has 0 aromatic rings. The van der Waals surface area contributed by atoms with E-state index in [9.17, 15) is 14.4 Å². The van der Waals surface area contributed by atoms with Crippen molar-refractivity contribution in [2.45, 2.75) is 82.7 Å². The number of hydrogen-bond donors (Lipinski definition) is 1. The largest absolute Gasteiger partial charge is 0.339 e. The van der Waals surface area contributed by atoms with E-state index >= 15 is 0 Å². The number of amides is 4. The van der Waals surface area contributed by atoms with E-state index in [1.165, 1.54) is 11.3 Å². The van der Waals surface area contributed by atoms with Crippen LogP contribution in [-0.4, -0.2) is 77.4 Å². The van der Waals surface area contributed by atoms with Crippen molar-refractivity contribution in [2.75, 3.05) is 33.2 Å². The van der Waals surface area contributed by atoms with Gasteiger partial charge in [0, 0.05) is 31.2 Å². The highest BCUT2D eigenvalue weighted by atomic mass is 16.2. The molecule has 3 fully saturated rings. The van der Waals surface area contributed by atoms with Crippen LogP contribution in [0, 0.1) is 5.92 Å². The van der Waals surface area contributed by atoms with Crippen molar-refractivity contribution >= 4 is 17.8 Å². The third-order valence-corrected chi connectivity index (χ3v) is 8.00. The van der Waals surface area contributed by atoms with Gasteiger partial charge < -0.3 is 15.1 Å². The van der Waals surface area contributed by atoms with Crippen molar-refractivity contribution in [3.8, 4) is 0 Å². The van der Waals surface area contributed by atoms with Gasteiger partial charge in [-0.2, -0.15) is 0 Å². The van der Waals surface area contributed by atoms with Crippen LogP contribution in [0.3, 0.4) is 0 Å². The predicted octanol–water partition coefficient (Wildman–Crippen LogP) is 2.91. The SMILES string of the molecule is CCC[C@@]1(C2CCN(C(=O)C3=CCCC3)CC2)NC(=O)N(CC[C@@H]2CCCN2C)C1=O. The average Bonchev–Trinajstić information content (AvgIpc) is 3.49. The summed E-state index contributed by atoms with van der Waals surface area (Å²) in [5, 5.41) is 3.13. The predicted molar refractivity (Wildman–Crippen MR) is 119 cm³/mol. The summed E-state index contributed by atoms with van der Waals surface area (Å²) < 4.78 is 0. The average molecular weight is 431 g/mol. The maximum Gasteiger partial charge on any atom is 0.325 e. The molecular formula is C24H38N4O3. The van der Waals surface area contributed by atoms with Crippen molar-refractivity contribution in [2.24, 2.45) is 5.92 Å². The summed E-state index contributed by atoms with van der Waals surface area (Å²) in [7, 11) is 2.13.